The van der Waals surface area contributed by atoms with E-state index in [4.69, 9.17) is 0 Å². The maximum Gasteiger partial charge on any atom is 0.237 e. The number of nitrogens with zero attached hydrogens (tertiary/aromatic N) is 1. The molecule has 7 heteroatoms. The predicted molar refractivity (Wildman–Crippen MR) is 97.3 cm³/mol. The molecule has 2 saturated heterocycles. The second kappa shape index (κ2) is 9.36. The Balaban J connectivity index is 0.00000225. The molecule has 0 bridgehead atoms. The Labute approximate surface area is 154 Å². The van der Waals surface area contributed by atoms with Crippen LogP contribution in [0.2, 0.25) is 0 Å². The third kappa shape index (κ3) is 5.83. The number of hydrogen-bond donors (Lipinski definition) is 3. The van der Waals surface area contributed by atoms with E-state index in [1.807, 2.05) is 0 Å². The van der Waals surface area contributed by atoms with Crippen molar-refractivity contribution in [2.45, 2.75) is 38.3 Å². The van der Waals surface area contributed by atoms with Crippen LogP contribution in [0.3, 0.4) is 0 Å². The lowest BCUT2D eigenvalue weighted by Gasteiger charge is -2.33. The molecule has 1 aromatic carbocycles. The van der Waals surface area contributed by atoms with Crippen molar-refractivity contribution in [1.29, 1.82) is 0 Å². The van der Waals surface area contributed by atoms with Gasteiger partial charge in [0, 0.05) is 25.7 Å². The first-order valence-electron chi connectivity index (χ1n) is 8.82. The Morgan fingerprint density at radius 1 is 1.32 bits per heavy atom. The number of nitrogens with one attached hydrogen (secondary N) is 2. The minimum atomic E-state index is -0.408. The summed E-state index contributed by atoms with van der Waals surface area (Å²) < 4.78 is 13.4. The van der Waals surface area contributed by atoms with Crippen molar-refractivity contribution in [3.05, 3.63) is 29.6 Å². The fraction of sp³-hybridized carbons (Fsp3) is 0.611. The molecule has 2 atom stereocenters. The molecule has 5 nitrogen and oxygen atoms in total. The van der Waals surface area contributed by atoms with Gasteiger partial charge in [0.1, 0.15) is 11.6 Å². The first-order valence-corrected chi connectivity index (χ1v) is 8.82. The summed E-state index contributed by atoms with van der Waals surface area (Å²) in [6.07, 6.45) is 4.16. The summed E-state index contributed by atoms with van der Waals surface area (Å²) in [4.78, 5) is 14.3. The molecule has 0 saturated carbocycles. The van der Waals surface area contributed by atoms with Crippen molar-refractivity contribution in [3.8, 4) is 5.75 Å². The number of phenolic OH excluding ortho intramolecular Hbond substituents is 1. The summed E-state index contributed by atoms with van der Waals surface area (Å²) in [6.45, 7) is 4.10. The van der Waals surface area contributed by atoms with Gasteiger partial charge in [0.25, 0.3) is 0 Å². The maximum absolute atomic E-state index is 13.4. The zero-order valence-corrected chi connectivity index (χ0v) is 15.2. The zero-order valence-electron chi connectivity index (χ0n) is 14.3. The molecule has 2 aliphatic rings. The Hall–Kier alpha value is -1.37. The first kappa shape index (κ1) is 19.9. The van der Waals surface area contributed by atoms with Gasteiger partial charge in [-0.05, 0) is 62.4 Å². The largest absolute Gasteiger partial charge is 0.508 e. The fourth-order valence-electron chi connectivity index (χ4n) is 3.72. The van der Waals surface area contributed by atoms with Crippen molar-refractivity contribution in [2.75, 3.05) is 26.2 Å². The molecule has 0 spiro atoms. The number of rotatable bonds is 5. The van der Waals surface area contributed by atoms with Crippen LogP contribution in [0.4, 0.5) is 4.39 Å². The van der Waals surface area contributed by atoms with E-state index in [2.05, 4.69) is 15.5 Å². The van der Waals surface area contributed by atoms with Gasteiger partial charge in [-0.2, -0.15) is 0 Å². The summed E-state index contributed by atoms with van der Waals surface area (Å²) in [7, 11) is 0. The highest BCUT2D eigenvalue weighted by Gasteiger charge is 2.24. The SMILES string of the molecule is Cl.O=C(NCC1CCCN(Cc2cc(O)cc(F)c2)C1)C1CCCN1. The van der Waals surface area contributed by atoms with E-state index in [-0.39, 0.29) is 30.1 Å². The molecular formula is C18H27ClFN3O2. The Bertz CT molecular complexity index is 561. The average Bonchev–Trinajstić information content (AvgIpc) is 3.06. The van der Waals surface area contributed by atoms with E-state index in [0.29, 0.717) is 19.0 Å². The van der Waals surface area contributed by atoms with Crippen LogP contribution in [-0.4, -0.2) is 48.1 Å². The molecule has 3 rings (SSSR count). The van der Waals surface area contributed by atoms with Gasteiger partial charge in [-0.25, -0.2) is 4.39 Å². The van der Waals surface area contributed by atoms with Crippen molar-refractivity contribution < 1.29 is 14.3 Å². The summed E-state index contributed by atoms with van der Waals surface area (Å²) in [6, 6.07) is 4.17. The van der Waals surface area contributed by atoms with Crippen molar-refractivity contribution in [2.24, 2.45) is 5.92 Å². The smallest absolute Gasteiger partial charge is 0.237 e. The van der Waals surface area contributed by atoms with Crippen molar-refractivity contribution in [1.82, 2.24) is 15.5 Å². The molecule has 0 radical (unpaired) electrons. The Kier molecular flexibility index (Phi) is 7.47. The number of carbonyl (C=O) groups is 1. The summed E-state index contributed by atoms with van der Waals surface area (Å²) >= 11 is 0. The lowest BCUT2D eigenvalue weighted by atomic mass is 9.97. The van der Waals surface area contributed by atoms with E-state index in [9.17, 15) is 14.3 Å². The molecule has 2 heterocycles. The van der Waals surface area contributed by atoms with Crippen LogP contribution in [0.5, 0.6) is 5.75 Å². The predicted octanol–water partition coefficient (Wildman–Crippen LogP) is 2.03. The zero-order chi connectivity index (χ0) is 16.9. The van der Waals surface area contributed by atoms with Crippen LogP contribution in [0.25, 0.3) is 0 Å². The number of amides is 1. The summed E-state index contributed by atoms with van der Waals surface area (Å²) in [5.41, 5.74) is 0.785. The maximum atomic E-state index is 13.4. The second-order valence-electron chi connectivity index (χ2n) is 6.96. The molecule has 1 aromatic rings. The van der Waals surface area contributed by atoms with Gasteiger partial charge in [0.2, 0.25) is 5.91 Å². The molecule has 3 N–H and O–H groups in total. The Morgan fingerprint density at radius 2 is 2.16 bits per heavy atom. The second-order valence-corrected chi connectivity index (χ2v) is 6.96. The quantitative estimate of drug-likeness (QED) is 0.741. The number of carbonyl (C=O) groups excluding carboxylic acids is 1. The molecule has 2 fully saturated rings. The van der Waals surface area contributed by atoms with Crippen molar-refractivity contribution in [3.63, 3.8) is 0 Å². The van der Waals surface area contributed by atoms with Crippen LogP contribution in [0.1, 0.15) is 31.2 Å². The minimum Gasteiger partial charge on any atom is -0.508 e. The molecular weight excluding hydrogens is 345 g/mol. The molecule has 1 amide bonds. The van der Waals surface area contributed by atoms with Crippen LogP contribution in [-0.2, 0) is 11.3 Å². The fourth-order valence-corrected chi connectivity index (χ4v) is 3.72. The number of phenols is 1. The van der Waals surface area contributed by atoms with Gasteiger partial charge in [-0.1, -0.05) is 0 Å². The number of aromatic hydroxyl groups is 1. The standard InChI is InChI=1S/C18H26FN3O2.ClH/c19-15-7-14(8-16(23)9-15)12-22-6-2-3-13(11-22)10-21-18(24)17-4-1-5-20-17;/h7-9,13,17,20,23H,1-6,10-12H2,(H,21,24);1H. The van der Waals surface area contributed by atoms with E-state index >= 15 is 0 Å². The number of piperidine rings is 1. The van der Waals surface area contributed by atoms with Crippen LogP contribution in [0.15, 0.2) is 18.2 Å². The van der Waals surface area contributed by atoms with Gasteiger partial charge in [-0.3, -0.25) is 9.69 Å². The Morgan fingerprint density at radius 3 is 2.88 bits per heavy atom. The van der Waals surface area contributed by atoms with Crippen LogP contribution < -0.4 is 10.6 Å². The number of benzene rings is 1. The van der Waals surface area contributed by atoms with E-state index in [0.717, 1.165) is 56.9 Å². The molecule has 2 aliphatic heterocycles. The number of likely N-dealkylation sites (tertiary alicyclic amines) is 1. The third-order valence-corrected chi connectivity index (χ3v) is 4.89. The van der Waals surface area contributed by atoms with E-state index in [1.165, 1.54) is 6.07 Å². The van der Waals surface area contributed by atoms with E-state index in [1.54, 1.807) is 6.07 Å². The van der Waals surface area contributed by atoms with Gasteiger partial charge in [-0.15, -0.1) is 12.4 Å². The summed E-state index contributed by atoms with van der Waals surface area (Å²) in [5.74, 6) is 0.0932. The van der Waals surface area contributed by atoms with Gasteiger partial charge >= 0.3 is 0 Å². The minimum absolute atomic E-state index is 0. The highest BCUT2D eigenvalue weighted by Crippen LogP contribution is 2.21. The summed E-state index contributed by atoms with van der Waals surface area (Å²) in [5, 5.41) is 15.8. The molecule has 140 valence electrons. The van der Waals surface area contributed by atoms with Crippen LogP contribution >= 0.6 is 12.4 Å². The molecule has 0 aliphatic carbocycles. The molecule has 25 heavy (non-hydrogen) atoms. The highest BCUT2D eigenvalue weighted by atomic mass is 35.5. The van der Waals surface area contributed by atoms with Gasteiger partial charge in [0.15, 0.2) is 0 Å². The lowest BCUT2D eigenvalue weighted by molar-refractivity contribution is -0.123. The normalized spacial score (nSPS) is 23.9. The average molecular weight is 372 g/mol. The molecule has 0 aromatic heterocycles. The highest BCUT2D eigenvalue weighted by molar-refractivity contribution is 5.85. The lowest BCUT2D eigenvalue weighted by Crippen LogP contribution is -2.45. The molecule has 2 unspecified atom stereocenters. The topological polar surface area (TPSA) is 64.6 Å². The number of halogens is 2. The van der Waals surface area contributed by atoms with Crippen molar-refractivity contribution >= 4 is 18.3 Å². The van der Waals surface area contributed by atoms with Crippen LogP contribution in [0, 0.1) is 11.7 Å². The first-order chi connectivity index (χ1) is 11.6. The number of hydrogen-bond acceptors (Lipinski definition) is 4. The monoisotopic (exact) mass is 371 g/mol. The van der Waals surface area contributed by atoms with Gasteiger partial charge in [0.05, 0.1) is 6.04 Å². The van der Waals surface area contributed by atoms with E-state index < -0.39 is 5.82 Å². The third-order valence-electron chi connectivity index (χ3n) is 4.89. The van der Waals surface area contributed by atoms with Gasteiger partial charge < -0.3 is 15.7 Å².